The summed E-state index contributed by atoms with van der Waals surface area (Å²) < 4.78 is 1.98. The van der Waals surface area contributed by atoms with Crippen LogP contribution in [-0.2, 0) is 11.2 Å². The van der Waals surface area contributed by atoms with Crippen LogP contribution in [0.3, 0.4) is 0 Å². The van der Waals surface area contributed by atoms with Crippen LogP contribution in [0.25, 0.3) is 20.2 Å². The van der Waals surface area contributed by atoms with Crippen LogP contribution >= 0.6 is 23.1 Å². The number of rotatable bonds is 2. The maximum atomic E-state index is 12.7. The van der Waals surface area contributed by atoms with Crippen molar-refractivity contribution in [3.8, 4) is 0 Å². The van der Waals surface area contributed by atoms with Crippen molar-refractivity contribution < 1.29 is 4.79 Å². The van der Waals surface area contributed by atoms with Gasteiger partial charge in [-0.2, -0.15) is 11.8 Å². The van der Waals surface area contributed by atoms with E-state index in [1.165, 1.54) is 0 Å². The molecular weight excluding hydrogens is 338 g/mol. The van der Waals surface area contributed by atoms with E-state index in [9.17, 15) is 9.59 Å². The Kier molecular flexibility index (Phi) is 4.29. The first-order valence-corrected chi connectivity index (χ1v) is 9.99. The second-order valence-corrected chi connectivity index (χ2v) is 8.24. The van der Waals surface area contributed by atoms with E-state index in [2.05, 4.69) is 0 Å². The summed E-state index contributed by atoms with van der Waals surface area (Å²) in [5, 5.41) is 1.48. The highest BCUT2D eigenvalue weighted by molar-refractivity contribution is 7.99. The van der Waals surface area contributed by atoms with Gasteiger partial charge in [0.25, 0.3) is 0 Å². The van der Waals surface area contributed by atoms with E-state index in [4.69, 9.17) is 0 Å². The normalized spacial score (nSPS) is 15.1. The highest BCUT2D eigenvalue weighted by Gasteiger charge is 2.17. The lowest BCUT2D eigenvalue weighted by Crippen LogP contribution is -2.38. The van der Waals surface area contributed by atoms with Crippen LogP contribution in [0.2, 0.25) is 0 Å². The van der Waals surface area contributed by atoms with Gasteiger partial charge in [0.15, 0.2) is 5.43 Å². The molecule has 3 nitrogen and oxygen atoms in total. The Morgan fingerprint density at radius 3 is 2.58 bits per heavy atom. The highest BCUT2D eigenvalue weighted by Crippen LogP contribution is 2.25. The minimum atomic E-state index is 0.0584. The molecule has 0 spiro atoms. The number of hydrogen-bond acceptors (Lipinski definition) is 4. The van der Waals surface area contributed by atoms with Gasteiger partial charge in [-0.05, 0) is 29.8 Å². The summed E-state index contributed by atoms with van der Waals surface area (Å²) in [4.78, 5) is 27.1. The zero-order chi connectivity index (χ0) is 16.5. The zero-order valence-corrected chi connectivity index (χ0v) is 14.8. The first-order valence-electron chi connectivity index (χ1n) is 8.02. The van der Waals surface area contributed by atoms with Crippen LogP contribution in [0.15, 0.2) is 47.3 Å². The SMILES string of the molecule is O=C(Cc1ccc2sc3ccccc3c(=O)c2c1)N1CCSCC1. The molecule has 1 fully saturated rings. The lowest BCUT2D eigenvalue weighted by molar-refractivity contribution is -0.130. The quantitative estimate of drug-likeness (QED) is 0.660. The van der Waals surface area contributed by atoms with Crippen molar-refractivity contribution in [2.24, 2.45) is 0 Å². The van der Waals surface area contributed by atoms with Gasteiger partial charge in [0.2, 0.25) is 5.91 Å². The number of fused-ring (bicyclic) bond motifs is 2. The Labute approximate surface area is 148 Å². The third-order valence-corrected chi connectivity index (χ3v) is 6.45. The second kappa shape index (κ2) is 6.57. The molecule has 122 valence electrons. The van der Waals surface area contributed by atoms with E-state index in [-0.39, 0.29) is 11.3 Å². The summed E-state index contributed by atoms with van der Waals surface area (Å²) in [6.07, 6.45) is 0.373. The minimum Gasteiger partial charge on any atom is -0.341 e. The average molecular weight is 355 g/mol. The van der Waals surface area contributed by atoms with Crippen LogP contribution in [0.1, 0.15) is 5.56 Å². The van der Waals surface area contributed by atoms with Crippen LogP contribution in [0.4, 0.5) is 0 Å². The van der Waals surface area contributed by atoms with E-state index < -0.39 is 0 Å². The second-order valence-electron chi connectivity index (χ2n) is 5.93. The number of carbonyl (C=O) groups excluding carboxylic acids is 1. The Morgan fingerprint density at radius 2 is 1.75 bits per heavy atom. The molecule has 1 saturated heterocycles. The molecule has 0 atom stereocenters. The molecule has 1 amide bonds. The Bertz CT molecular complexity index is 974. The molecule has 0 bridgehead atoms. The fourth-order valence-corrected chi connectivity index (χ4v) is 5.01. The molecule has 1 aromatic heterocycles. The van der Waals surface area contributed by atoms with E-state index in [0.29, 0.717) is 6.42 Å². The number of benzene rings is 2. The Balaban J connectivity index is 1.70. The molecule has 5 heteroatoms. The zero-order valence-electron chi connectivity index (χ0n) is 13.2. The van der Waals surface area contributed by atoms with E-state index in [1.807, 2.05) is 59.1 Å². The molecule has 2 heterocycles. The Morgan fingerprint density at radius 1 is 1.00 bits per heavy atom. The Hall–Kier alpha value is -1.85. The molecule has 0 N–H and O–H groups in total. The third-order valence-electron chi connectivity index (χ3n) is 4.36. The lowest BCUT2D eigenvalue weighted by Gasteiger charge is -2.26. The van der Waals surface area contributed by atoms with Gasteiger partial charge < -0.3 is 4.90 Å². The van der Waals surface area contributed by atoms with Gasteiger partial charge in [-0.1, -0.05) is 18.2 Å². The first kappa shape index (κ1) is 15.7. The van der Waals surface area contributed by atoms with Crippen LogP contribution in [-0.4, -0.2) is 35.4 Å². The smallest absolute Gasteiger partial charge is 0.227 e. The van der Waals surface area contributed by atoms with Gasteiger partial charge in [-0.15, -0.1) is 11.3 Å². The van der Waals surface area contributed by atoms with Crippen molar-refractivity contribution in [1.29, 1.82) is 0 Å². The molecule has 0 radical (unpaired) electrons. The molecule has 1 aliphatic heterocycles. The summed E-state index contributed by atoms with van der Waals surface area (Å²) in [7, 11) is 0. The maximum Gasteiger partial charge on any atom is 0.227 e. The molecule has 4 rings (SSSR count). The van der Waals surface area contributed by atoms with Gasteiger partial charge in [-0.25, -0.2) is 0 Å². The standard InChI is InChI=1S/C19H17NO2S2/c21-18(20-7-9-23-10-8-20)12-13-5-6-17-15(11-13)19(22)14-3-1-2-4-16(14)24-17/h1-6,11H,7-10,12H2. The topological polar surface area (TPSA) is 37.4 Å². The van der Waals surface area contributed by atoms with Crippen LogP contribution in [0.5, 0.6) is 0 Å². The lowest BCUT2D eigenvalue weighted by atomic mass is 10.1. The highest BCUT2D eigenvalue weighted by atomic mass is 32.2. The maximum absolute atomic E-state index is 12.7. The molecule has 0 aliphatic carbocycles. The first-order chi connectivity index (χ1) is 11.7. The van der Waals surface area contributed by atoms with Crippen molar-refractivity contribution >= 4 is 49.2 Å². The van der Waals surface area contributed by atoms with Crippen LogP contribution < -0.4 is 5.43 Å². The summed E-state index contributed by atoms with van der Waals surface area (Å²) in [5.74, 6) is 2.19. The fraction of sp³-hybridized carbons (Fsp3) is 0.263. The molecule has 3 aromatic rings. The van der Waals surface area contributed by atoms with E-state index in [1.54, 1.807) is 11.3 Å². The van der Waals surface area contributed by atoms with E-state index in [0.717, 1.165) is 50.3 Å². The van der Waals surface area contributed by atoms with Gasteiger partial charge >= 0.3 is 0 Å². The van der Waals surface area contributed by atoms with Gasteiger partial charge in [0.1, 0.15) is 0 Å². The monoisotopic (exact) mass is 355 g/mol. The third kappa shape index (κ3) is 2.94. The molecule has 1 aliphatic rings. The summed E-state index contributed by atoms with van der Waals surface area (Å²) in [6, 6.07) is 13.5. The van der Waals surface area contributed by atoms with Gasteiger partial charge in [0.05, 0.1) is 6.42 Å². The molecule has 2 aromatic carbocycles. The summed E-state index contributed by atoms with van der Waals surface area (Å²) in [6.45, 7) is 1.66. The predicted octanol–water partition coefficient (Wildman–Crippen LogP) is 3.53. The van der Waals surface area contributed by atoms with Gasteiger partial charge in [-0.3, -0.25) is 9.59 Å². The number of carbonyl (C=O) groups is 1. The average Bonchev–Trinajstić information content (AvgIpc) is 2.63. The van der Waals surface area contributed by atoms with Gasteiger partial charge in [0, 0.05) is 44.8 Å². The van der Waals surface area contributed by atoms with Crippen molar-refractivity contribution in [3.05, 3.63) is 58.3 Å². The molecule has 24 heavy (non-hydrogen) atoms. The number of nitrogens with zero attached hydrogens (tertiary/aromatic N) is 1. The van der Waals surface area contributed by atoms with E-state index >= 15 is 0 Å². The number of amides is 1. The largest absolute Gasteiger partial charge is 0.341 e. The molecule has 0 saturated carbocycles. The number of thioether (sulfide) groups is 1. The molecule has 0 unspecified atom stereocenters. The van der Waals surface area contributed by atoms with Crippen molar-refractivity contribution in [3.63, 3.8) is 0 Å². The minimum absolute atomic E-state index is 0.0584. The summed E-state index contributed by atoms with van der Waals surface area (Å²) in [5.41, 5.74) is 0.980. The van der Waals surface area contributed by atoms with Crippen molar-refractivity contribution in [1.82, 2.24) is 4.90 Å². The van der Waals surface area contributed by atoms with Crippen LogP contribution in [0, 0.1) is 0 Å². The predicted molar refractivity (Wildman–Crippen MR) is 103 cm³/mol. The summed E-state index contributed by atoms with van der Waals surface area (Å²) >= 11 is 3.52. The van der Waals surface area contributed by atoms with Crippen molar-refractivity contribution in [2.75, 3.05) is 24.6 Å². The van der Waals surface area contributed by atoms with Crippen molar-refractivity contribution in [2.45, 2.75) is 6.42 Å². The fourth-order valence-electron chi connectivity index (χ4n) is 3.06. The molecular formula is C19H17NO2S2. The number of hydrogen-bond donors (Lipinski definition) is 0.